The fourth-order valence-corrected chi connectivity index (χ4v) is 10.9. The standard InChI is InChI=1S/2C25H51.C24H28N2.Ni/c2*1-3-5-7-9-11-13-15-17-19-21-23-25-24-22-20-18-16-14-12-10-8-6-4-2;1-3-5-7-19-9-13-21(14-10-19)23-17-18-24(26(23)25)22-15-11-20(12-16-22)8-6-4-2;/h2*1,3-25H2,2H3;9-18H,3-8H2,1-2H3;/q2*-1;;+2. The third kappa shape index (κ3) is 46.3. The molecule has 2 nitrogen and oxygen atoms in total. The van der Waals surface area contributed by atoms with Gasteiger partial charge in [-0.3, -0.25) is 0 Å². The Morgan fingerprint density at radius 3 is 0.636 bits per heavy atom. The summed E-state index contributed by atoms with van der Waals surface area (Å²) in [5, 5.41) is 0. The van der Waals surface area contributed by atoms with Crippen molar-refractivity contribution < 1.29 is 21.2 Å². The molecule has 0 unspecified atom stereocenters. The van der Waals surface area contributed by atoms with Gasteiger partial charge in [0.05, 0.1) is 0 Å². The van der Waals surface area contributed by atoms with Gasteiger partial charge < -0.3 is 19.4 Å². The van der Waals surface area contributed by atoms with Crippen LogP contribution in [-0.4, -0.2) is 4.70 Å². The largest absolute Gasteiger partial charge is 2.00 e. The molecule has 2 aromatic carbocycles. The van der Waals surface area contributed by atoms with Gasteiger partial charge in [0.2, 0.25) is 11.4 Å². The van der Waals surface area contributed by atoms with Crippen molar-refractivity contribution >= 4 is 11.4 Å². The Morgan fingerprint density at radius 1 is 0.273 bits per heavy atom. The van der Waals surface area contributed by atoms with E-state index < -0.39 is 0 Å². The minimum Gasteiger partial charge on any atom is -0.493 e. The number of nitrogens with zero attached hydrogens (tertiary/aromatic N) is 2. The molecule has 3 rings (SSSR count). The Bertz CT molecular complexity index is 1390. The maximum Gasteiger partial charge on any atom is 2.00 e. The summed E-state index contributed by atoms with van der Waals surface area (Å²) < 4.78 is 1.31. The molecule has 0 bridgehead atoms. The molecule has 1 aliphatic rings. The third-order valence-corrected chi connectivity index (χ3v) is 16.2. The fourth-order valence-electron chi connectivity index (χ4n) is 10.9. The number of unbranched alkanes of at least 4 members (excludes halogenated alkanes) is 46. The SMILES string of the molecule is CCCCc1ccc(C2=CC=C(c3ccc(CCCC)cc3)[N+]2=[N-])cc1.[CH2-]CCCCCCCCCCCCCCCCCCCCCCCC.[CH2-]CCCCCCCCCCCCCCCCCCCCCCCC.[Ni+2]. The van der Waals surface area contributed by atoms with Crippen LogP contribution in [0, 0.1) is 13.8 Å². The molecule has 0 aromatic heterocycles. The van der Waals surface area contributed by atoms with Gasteiger partial charge >= 0.3 is 16.5 Å². The second-order valence-electron chi connectivity index (χ2n) is 23.6. The number of hydrogen-bond acceptors (Lipinski definition) is 0. The number of hydrogen-bond donors (Lipinski definition) is 0. The van der Waals surface area contributed by atoms with Crippen molar-refractivity contribution in [3.05, 3.63) is 102 Å². The van der Waals surface area contributed by atoms with Gasteiger partial charge in [-0.2, -0.15) is 12.8 Å². The van der Waals surface area contributed by atoms with Gasteiger partial charge in [0.1, 0.15) is 0 Å². The molecule has 2 aromatic rings. The Kier molecular flexibility index (Phi) is 58.6. The maximum absolute atomic E-state index is 10.7. The summed E-state index contributed by atoms with van der Waals surface area (Å²) in [5.41, 5.74) is 17.1. The molecule has 0 saturated carbocycles. The first-order valence-corrected chi connectivity index (χ1v) is 34.2. The van der Waals surface area contributed by atoms with Gasteiger partial charge in [-0.1, -0.05) is 347 Å². The molecule has 0 N–H and O–H groups in total. The van der Waals surface area contributed by atoms with Crippen molar-refractivity contribution in [1.82, 2.24) is 0 Å². The molecule has 1 heterocycles. The van der Waals surface area contributed by atoms with Gasteiger partial charge in [0, 0.05) is 23.3 Å². The van der Waals surface area contributed by atoms with Crippen molar-refractivity contribution in [3.63, 3.8) is 0 Å². The average molecular weight is 1110 g/mol. The quantitative estimate of drug-likeness (QED) is 0.0273. The van der Waals surface area contributed by atoms with Crippen LogP contribution in [0.1, 0.15) is 371 Å². The zero-order valence-electron chi connectivity index (χ0n) is 52.2. The molecule has 0 spiro atoms. The van der Waals surface area contributed by atoms with Crippen LogP contribution in [0.5, 0.6) is 0 Å². The number of allylic oxidation sites excluding steroid dienone is 2. The molecule has 0 radical (unpaired) electrons. The fraction of sp³-hybridized carbons (Fsp3) is 0.757. The Labute approximate surface area is 493 Å². The van der Waals surface area contributed by atoms with Crippen LogP contribution in [0.3, 0.4) is 0 Å². The maximum atomic E-state index is 10.7. The topological polar surface area (TPSA) is 25.3 Å². The minimum absolute atomic E-state index is 0. The molecule has 446 valence electrons. The molecular weight excluding hydrogens is 976 g/mol. The van der Waals surface area contributed by atoms with E-state index in [1.54, 1.807) is 0 Å². The summed E-state index contributed by atoms with van der Waals surface area (Å²) in [6.07, 6.45) is 77.6. The third-order valence-electron chi connectivity index (χ3n) is 16.2. The van der Waals surface area contributed by atoms with E-state index >= 15 is 0 Å². The normalized spacial score (nSPS) is 11.9. The predicted molar refractivity (Wildman–Crippen MR) is 344 cm³/mol. The average Bonchev–Trinajstić information content (AvgIpc) is 3.84. The zero-order chi connectivity index (χ0) is 54.9. The summed E-state index contributed by atoms with van der Waals surface area (Å²) in [6.45, 7) is 16.8. The van der Waals surface area contributed by atoms with E-state index in [2.05, 4.69) is 90.1 Å². The van der Waals surface area contributed by atoms with Crippen LogP contribution >= 0.6 is 0 Å². The monoisotopic (exact) mass is 1100 g/mol. The van der Waals surface area contributed by atoms with Crippen LogP contribution in [0.15, 0.2) is 60.7 Å². The molecule has 0 atom stereocenters. The molecule has 3 heteroatoms. The smallest absolute Gasteiger partial charge is 0.493 e. The molecule has 0 fully saturated rings. The molecule has 0 amide bonds. The summed E-state index contributed by atoms with van der Waals surface area (Å²) in [6, 6.07) is 17.1. The van der Waals surface area contributed by atoms with Crippen molar-refractivity contribution in [1.29, 1.82) is 0 Å². The van der Waals surface area contributed by atoms with Gasteiger partial charge in [-0.05, 0) is 61.1 Å². The Balaban J connectivity index is 0.00000112. The molecule has 1 aliphatic heterocycles. The van der Waals surface area contributed by atoms with Crippen molar-refractivity contribution in [2.75, 3.05) is 0 Å². The van der Waals surface area contributed by atoms with Crippen molar-refractivity contribution in [2.45, 2.75) is 362 Å². The van der Waals surface area contributed by atoms with E-state index in [0.717, 1.165) is 48.2 Å². The molecule has 77 heavy (non-hydrogen) atoms. The summed E-state index contributed by atoms with van der Waals surface area (Å²) in [5.74, 6) is 0. The second kappa shape index (κ2) is 60.1. The van der Waals surface area contributed by atoms with E-state index in [1.165, 1.54) is 324 Å². The van der Waals surface area contributed by atoms with Crippen molar-refractivity contribution in [3.8, 4) is 0 Å². The van der Waals surface area contributed by atoms with Crippen LogP contribution in [0.2, 0.25) is 0 Å². The van der Waals surface area contributed by atoms with Gasteiger partial charge in [-0.15, -0.1) is 0 Å². The van der Waals surface area contributed by atoms with E-state index in [0.29, 0.717) is 0 Å². The van der Waals surface area contributed by atoms with Gasteiger partial charge in [0.15, 0.2) is 0 Å². The van der Waals surface area contributed by atoms with Gasteiger partial charge in [0.25, 0.3) is 0 Å². The minimum atomic E-state index is 0. The zero-order valence-corrected chi connectivity index (χ0v) is 53.2. The Hall–Kier alpha value is -1.99. The first-order valence-electron chi connectivity index (χ1n) is 34.2. The van der Waals surface area contributed by atoms with E-state index in [1.807, 2.05) is 12.2 Å². The predicted octanol–water partition coefficient (Wildman–Crippen LogP) is 26.4. The van der Waals surface area contributed by atoms with E-state index in [9.17, 15) is 5.53 Å². The van der Waals surface area contributed by atoms with Crippen LogP contribution in [0.4, 0.5) is 0 Å². The summed E-state index contributed by atoms with van der Waals surface area (Å²) >= 11 is 0. The first-order chi connectivity index (χ1) is 37.6. The van der Waals surface area contributed by atoms with E-state index in [4.69, 9.17) is 0 Å². The number of aryl methyl sites for hydroxylation is 2. The van der Waals surface area contributed by atoms with E-state index in [-0.39, 0.29) is 16.5 Å². The summed E-state index contributed by atoms with van der Waals surface area (Å²) in [4.78, 5) is 0. The van der Waals surface area contributed by atoms with Crippen LogP contribution in [0.25, 0.3) is 16.9 Å². The molecular formula is C74H130N2Ni. The molecule has 0 aliphatic carbocycles. The second-order valence-corrected chi connectivity index (χ2v) is 23.6. The first kappa shape index (κ1) is 75.0. The molecule has 0 saturated heterocycles. The van der Waals surface area contributed by atoms with Gasteiger partial charge in [-0.25, -0.2) is 4.70 Å². The number of rotatable bonds is 52. The number of benzene rings is 2. The van der Waals surface area contributed by atoms with Crippen molar-refractivity contribution in [2.24, 2.45) is 0 Å². The van der Waals surface area contributed by atoms with Crippen LogP contribution < -0.4 is 0 Å². The Morgan fingerprint density at radius 2 is 0.455 bits per heavy atom. The van der Waals surface area contributed by atoms with Crippen LogP contribution in [-0.2, 0) is 29.3 Å². The summed E-state index contributed by atoms with van der Waals surface area (Å²) in [7, 11) is 0.